The van der Waals surface area contributed by atoms with Crippen molar-refractivity contribution in [2.45, 2.75) is 13.1 Å². The molecule has 0 spiro atoms. The zero-order valence-corrected chi connectivity index (χ0v) is 14.9. The molecule has 1 aromatic heterocycles. The van der Waals surface area contributed by atoms with Crippen molar-refractivity contribution in [1.29, 1.82) is 0 Å². The van der Waals surface area contributed by atoms with Gasteiger partial charge in [-0.25, -0.2) is 4.98 Å². The van der Waals surface area contributed by atoms with Gasteiger partial charge in [-0.15, -0.1) is 23.7 Å². The van der Waals surface area contributed by atoms with Crippen LogP contribution in [0.5, 0.6) is 0 Å². The summed E-state index contributed by atoms with van der Waals surface area (Å²) in [6.07, 6.45) is -4.45. The molecule has 9 heteroatoms. The first-order valence-electron chi connectivity index (χ1n) is 7.50. The Morgan fingerprint density at radius 1 is 1.36 bits per heavy atom. The maximum absolute atomic E-state index is 13.1. The molecule has 1 aromatic carbocycles. The number of hydrogen-bond acceptors (Lipinski definition) is 4. The number of halogens is 4. The number of carbonyl (C=O) groups excluding carboxylic acids is 1. The van der Waals surface area contributed by atoms with E-state index in [0.717, 1.165) is 30.5 Å². The lowest BCUT2D eigenvalue weighted by molar-refractivity contribution is -0.137. The lowest BCUT2D eigenvalue weighted by Gasteiger charge is -2.31. The first kappa shape index (κ1) is 19.7. The standard InChI is InChI=1S/C16H16F3N3OS.ClH/c1-9(10-6-20-7-10)14(23)22-15-21-13(8-24-15)11-4-2-3-5-12(11)16(17,18)19;/h2-5,8-10,20H,6-7H2,1H3,(H,21,22,23);1H. The Hall–Kier alpha value is -1.64. The van der Waals surface area contributed by atoms with Crippen molar-refractivity contribution in [3.05, 3.63) is 35.2 Å². The number of hydrogen-bond donors (Lipinski definition) is 2. The van der Waals surface area contributed by atoms with E-state index >= 15 is 0 Å². The molecule has 0 radical (unpaired) electrons. The molecule has 2 heterocycles. The molecule has 1 aliphatic rings. The zero-order chi connectivity index (χ0) is 17.3. The van der Waals surface area contributed by atoms with Gasteiger partial charge < -0.3 is 10.6 Å². The third-order valence-corrected chi connectivity index (χ3v) is 4.93. The van der Waals surface area contributed by atoms with Crippen molar-refractivity contribution < 1.29 is 18.0 Å². The van der Waals surface area contributed by atoms with Crippen LogP contribution in [0.25, 0.3) is 11.3 Å². The highest BCUT2D eigenvalue weighted by Gasteiger charge is 2.34. The minimum atomic E-state index is -4.45. The molecule has 1 unspecified atom stereocenters. The summed E-state index contributed by atoms with van der Waals surface area (Å²) in [6.45, 7) is 3.45. The van der Waals surface area contributed by atoms with E-state index in [1.54, 1.807) is 0 Å². The minimum absolute atomic E-state index is 0. The molecule has 1 saturated heterocycles. The van der Waals surface area contributed by atoms with E-state index in [-0.39, 0.29) is 41.4 Å². The molecule has 1 fully saturated rings. The minimum Gasteiger partial charge on any atom is -0.316 e. The van der Waals surface area contributed by atoms with Gasteiger partial charge in [0.1, 0.15) is 0 Å². The predicted octanol–water partition coefficient (Wildman–Crippen LogP) is 4.04. The van der Waals surface area contributed by atoms with Crippen molar-refractivity contribution in [2.75, 3.05) is 18.4 Å². The van der Waals surface area contributed by atoms with Crippen LogP contribution in [0, 0.1) is 11.8 Å². The smallest absolute Gasteiger partial charge is 0.316 e. The Balaban J connectivity index is 0.00000225. The third-order valence-electron chi connectivity index (χ3n) is 4.18. The first-order valence-corrected chi connectivity index (χ1v) is 8.38. The highest BCUT2D eigenvalue weighted by atomic mass is 35.5. The Kier molecular flexibility index (Phi) is 6.08. The van der Waals surface area contributed by atoms with Crippen LogP contribution in [-0.4, -0.2) is 24.0 Å². The van der Waals surface area contributed by atoms with E-state index < -0.39 is 11.7 Å². The van der Waals surface area contributed by atoms with E-state index in [0.29, 0.717) is 5.13 Å². The zero-order valence-electron chi connectivity index (χ0n) is 13.3. The molecular formula is C16H17ClF3N3OS. The molecule has 2 N–H and O–H groups in total. The molecule has 0 bridgehead atoms. The van der Waals surface area contributed by atoms with Crippen molar-refractivity contribution in [3.63, 3.8) is 0 Å². The van der Waals surface area contributed by atoms with E-state index in [9.17, 15) is 18.0 Å². The Bertz CT molecular complexity index is 746. The average Bonchev–Trinajstić information content (AvgIpc) is 2.93. The number of amides is 1. The summed E-state index contributed by atoms with van der Waals surface area (Å²) < 4.78 is 39.3. The van der Waals surface area contributed by atoms with Gasteiger partial charge in [0.2, 0.25) is 5.91 Å². The molecule has 1 atom stereocenters. The number of anilines is 1. The average molecular weight is 392 g/mol. The summed E-state index contributed by atoms with van der Waals surface area (Å²) in [7, 11) is 0. The van der Waals surface area contributed by atoms with Gasteiger partial charge in [0.05, 0.1) is 11.3 Å². The fourth-order valence-electron chi connectivity index (χ4n) is 2.51. The maximum atomic E-state index is 13.1. The SMILES string of the molecule is CC(C(=O)Nc1nc(-c2ccccc2C(F)(F)F)cs1)C1CNC1.Cl. The fourth-order valence-corrected chi connectivity index (χ4v) is 3.22. The monoisotopic (exact) mass is 391 g/mol. The number of nitrogens with one attached hydrogen (secondary N) is 2. The van der Waals surface area contributed by atoms with Crippen molar-refractivity contribution in [1.82, 2.24) is 10.3 Å². The second kappa shape index (κ2) is 7.72. The molecule has 136 valence electrons. The predicted molar refractivity (Wildman–Crippen MR) is 94.0 cm³/mol. The largest absolute Gasteiger partial charge is 0.417 e. The maximum Gasteiger partial charge on any atom is 0.417 e. The van der Waals surface area contributed by atoms with Crippen LogP contribution in [0.3, 0.4) is 0 Å². The molecular weight excluding hydrogens is 375 g/mol. The van der Waals surface area contributed by atoms with Crippen LogP contribution in [0.15, 0.2) is 29.6 Å². The van der Waals surface area contributed by atoms with Crippen LogP contribution in [0.2, 0.25) is 0 Å². The Morgan fingerprint density at radius 3 is 2.64 bits per heavy atom. The number of benzene rings is 1. The molecule has 4 nitrogen and oxygen atoms in total. The summed E-state index contributed by atoms with van der Waals surface area (Å²) in [4.78, 5) is 16.3. The van der Waals surface area contributed by atoms with Gasteiger partial charge in [-0.05, 0) is 25.1 Å². The molecule has 2 aromatic rings. The number of aromatic nitrogens is 1. The van der Waals surface area contributed by atoms with Gasteiger partial charge in [0.15, 0.2) is 5.13 Å². The van der Waals surface area contributed by atoms with Crippen molar-refractivity contribution in [3.8, 4) is 11.3 Å². The normalized spacial score (nSPS) is 15.8. The number of thiazole rings is 1. The summed E-state index contributed by atoms with van der Waals surface area (Å²) in [5.74, 6) is -0.0389. The van der Waals surface area contributed by atoms with E-state index in [1.165, 1.54) is 23.6 Å². The van der Waals surface area contributed by atoms with E-state index in [2.05, 4.69) is 15.6 Å². The molecule has 1 amide bonds. The number of carbonyl (C=O) groups is 1. The number of rotatable bonds is 4. The lowest BCUT2D eigenvalue weighted by Crippen LogP contribution is -2.48. The van der Waals surface area contributed by atoms with Crippen molar-refractivity contribution >= 4 is 34.8 Å². The van der Waals surface area contributed by atoms with Crippen LogP contribution in [0.4, 0.5) is 18.3 Å². The quantitative estimate of drug-likeness (QED) is 0.826. The Labute approximate surface area is 153 Å². The van der Waals surface area contributed by atoms with Crippen LogP contribution < -0.4 is 10.6 Å². The van der Waals surface area contributed by atoms with Gasteiger partial charge in [0.25, 0.3) is 0 Å². The molecule has 0 saturated carbocycles. The van der Waals surface area contributed by atoms with Gasteiger partial charge in [0, 0.05) is 16.9 Å². The summed E-state index contributed by atoms with van der Waals surface area (Å²) in [5, 5.41) is 7.64. The van der Waals surface area contributed by atoms with Gasteiger partial charge in [-0.3, -0.25) is 4.79 Å². The summed E-state index contributed by atoms with van der Waals surface area (Å²) in [5.41, 5.74) is -0.513. The van der Waals surface area contributed by atoms with Gasteiger partial charge in [-0.2, -0.15) is 13.2 Å². The molecule has 3 rings (SSSR count). The summed E-state index contributed by atoms with van der Waals surface area (Å²) in [6, 6.07) is 5.29. The fraction of sp³-hybridized carbons (Fsp3) is 0.375. The van der Waals surface area contributed by atoms with Gasteiger partial charge in [-0.1, -0.05) is 25.1 Å². The Morgan fingerprint density at radius 2 is 2.04 bits per heavy atom. The van der Waals surface area contributed by atoms with Crippen LogP contribution in [-0.2, 0) is 11.0 Å². The topological polar surface area (TPSA) is 54.0 Å². The molecule has 1 aliphatic heterocycles. The number of nitrogens with zero attached hydrogens (tertiary/aromatic N) is 1. The summed E-state index contributed by atoms with van der Waals surface area (Å²) >= 11 is 1.12. The van der Waals surface area contributed by atoms with E-state index in [4.69, 9.17) is 0 Å². The molecule has 0 aliphatic carbocycles. The second-order valence-electron chi connectivity index (χ2n) is 5.78. The van der Waals surface area contributed by atoms with Crippen LogP contribution in [0.1, 0.15) is 12.5 Å². The number of alkyl halides is 3. The van der Waals surface area contributed by atoms with Crippen LogP contribution >= 0.6 is 23.7 Å². The lowest BCUT2D eigenvalue weighted by atomic mass is 9.88. The molecule has 25 heavy (non-hydrogen) atoms. The van der Waals surface area contributed by atoms with E-state index in [1.807, 2.05) is 6.92 Å². The highest BCUT2D eigenvalue weighted by molar-refractivity contribution is 7.14. The van der Waals surface area contributed by atoms with Crippen molar-refractivity contribution in [2.24, 2.45) is 11.8 Å². The first-order chi connectivity index (χ1) is 11.4. The highest BCUT2D eigenvalue weighted by Crippen LogP contribution is 2.37. The second-order valence-corrected chi connectivity index (χ2v) is 6.64. The van der Waals surface area contributed by atoms with Gasteiger partial charge >= 0.3 is 6.18 Å². The third kappa shape index (κ3) is 4.31.